The summed E-state index contributed by atoms with van der Waals surface area (Å²) in [5, 5.41) is 9.75. The largest absolute Gasteiger partial charge is 0.497 e. The maximum absolute atomic E-state index is 11.9. The molecule has 0 saturated heterocycles. The number of carbonyl (C=O) groups is 2. The number of methoxy groups -OCH3 is 1. The van der Waals surface area contributed by atoms with Gasteiger partial charge in [0, 0.05) is 5.56 Å². The van der Waals surface area contributed by atoms with Crippen molar-refractivity contribution < 1.29 is 19.4 Å². The molecule has 27 heavy (non-hydrogen) atoms. The van der Waals surface area contributed by atoms with Gasteiger partial charge in [0.05, 0.1) is 24.1 Å². The molecule has 3 rings (SSSR count). The van der Waals surface area contributed by atoms with E-state index in [-0.39, 0.29) is 17.2 Å². The fourth-order valence-electron chi connectivity index (χ4n) is 3.42. The number of benzene rings is 2. The van der Waals surface area contributed by atoms with Gasteiger partial charge in [-0.25, -0.2) is 4.79 Å². The summed E-state index contributed by atoms with van der Waals surface area (Å²) in [6, 6.07) is 17.2. The van der Waals surface area contributed by atoms with E-state index in [1.54, 1.807) is 7.11 Å². The van der Waals surface area contributed by atoms with E-state index in [0.717, 1.165) is 11.1 Å². The summed E-state index contributed by atoms with van der Waals surface area (Å²) in [6.07, 6.45) is 1.22. The molecule has 0 spiro atoms. The molecule has 0 radical (unpaired) electrons. The fraction of sp³-hybridized carbons (Fsp3) is 0.182. The zero-order valence-corrected chi connectivity index (χ0v) is 15.2. The van der Waals surface area contributed by atoms with Crippen molar-refractivity contribution in [3.63, 3.8) is 0 Å². The minimum atomic E-state index is -1.11. The van der Waals surface area contributed by atoms with Gasteiger partial charge >= 0.3 is 5.97 Å². The summed E-state index contributed by atoms with van der Waals surface area (Å²) in [5.41, 5.74) is 3.26. The number of hydrogen-bond acceptors (Lipinski definition) is 3. The van der Waals surface area contributed by atoms with Crippen LogP contribution in [0.25, 0.3) is 11.3 Å². The average Bonchev–Trinajstić information content (AvgIpc) is 3.09. The van der Waals surface area contributed by atoms with E-state index < -0.39 is 5.97 Å². The summed E-state index contributed by atoms with van der Waals surface area (Å²) in [6.45, 7) is 1.97. The Hall–Kier alpha value is -3.34. The lowest BCUT2D eigenvalue weighted by Crippen LogP contribution is -2.08. The van der Waals surface area contributed by atoms with Gasteiger partial charge in [0.2, 0.25) is 0 Å². The minimum absolute atomic E-state index is 0.0336. The predicted molar refractivity (Wildman–Crippen MR) is 104 cm³/mol. The van der Waals surface area contributed by atoms with E-state index in [4.69, 9.17) is 4.74 Å². The second kappa shape index (κ2) is 7.91. The molecule has 0 aliphatic carbocycles. The van der Waals surface area contributed by atoms with E-state index in [2.05, 4.69) is 4.98 Å². The monoisotopic (exact) mass is 363 g/mol. The smallest absolute Gasteiger partial charge is 0.338 e. The highest BCUT2D eigenvalue weighted by atomic mass is 16.5. The lowest BCUT2D eigenvalue weighted by molar-refractivity contribution is 0.0692. The molecule has 138 valence electrons. The third-order valence-corrected chi connectivity index (χ3v) is 4.64. The molecule has 1 aromatic heterocycles. The molecule has 2 aromatic carbocycles. The topological polar surface area (TPSA) is 79.4 Å². The Morgan fingerprint density at radius 2 is 1.93 bits per heavy atom. The van der Waals surface area contributed by atoms with E-state index >= 15 is 0 Å². The lowest BCUT2D eigenvalue weighted by atomic mass is 9.88. The molecule has 1 atom stereocenters. The van der Waals surface area contributed by atoms with Crippen LogP contribution in [0.5, 0.6) is 5.75 Å². The van der Waals surface area contributed by atoms with Gasteiger partial charge in [-0.2, -0.15) is 0 Å². The Balaban J connectivity index is 2.15. The van der Waals surface area contributed by atoms with E-state index in [1.165, 1.54) is 0 Å². The van der Waals surface area contributed by atoms with Crippen LogP contribution in [0.3, 0.4) is 0 Å². The Labute approximate surface area is 157 Å². The van der Waals surface area contributed by atoms with E-state index in [0.29, 0.717) is 29.7 Å². The number of aromatic carboxylic acids is 1. The summed E-state index contributed by atoms with van der Waals surface area (Å²) >= 11 is 0. The molecule has 1 heterocycles. The number of H-pyrrole nitrogens is 1. The standard InChI is InChI=1S/C22H21NO4/c1-14(11-15-7-4-3-5-8-15)19-20(22(25)26)18(13-24)23-21(19)16-9-6-10-17(12-16)27-2/h3-10,12-14,23H,11H2,1-2H3,(H,25,26). The number of carboxylic acid groups (broad SMARTS) is 1. The fourth-order valence-corrected chi connectivity index (χ4v) is 3.42. The molecule has 0 amide bonds. The molecule has 5 nitrogen and oxygen atoms in total. The van der Waals surface area contributed by atoms with Crippen LogP contribution in [-0.2, 0) is 6.42 Å². The van der Waals surface area contributed by atoms with Crippen LogP contribution in [0.4, 0.5) is 0 Å². The van der Waals surface area contributed by atoms with Gasteiger partial charge in [0.15, 0.2) is 6.29 Å². The van der Waals surface area contributed by atoms with E-state index in [1.807, 2.05) is 61.5 Å². The van der Waals surface area contributed by atoms with Gasteiger partial charge in [-0.05, 0) is 35.6 Å². The van der Waals surface area contributed by atoms with Gasteiger partial charge in [-0.15, -0.1) is 0 Å². The quantitative estimate of drug-likeness (QED) is 0.604. The second-order valence-electron chi connectivity index (χ2n) is 6.45. The number of rotatable bonds is 7. The van der Waals surface area contributed by atoms with Crippen LogP contribution in [0.2, 0.25) is 0 Å². The summed E-state index contributed by atoms with van der Waals surface area (Å²) in [4.78, 5) is 26.4. The van der Waals surface area contributed by atoms with Crippen molar-refractivity contribution in [1.29, 1.82) is 0 Å². The number of carbonyl (C=O) groups excluding carboxylic acids is 1. The predicted octanol–water partition coefficient (Wildman–Crippen LogP) is 4.55. The molecule has 2 N–H and O–H groups in total. The number of nitrogens with one attached hydrogen (secondary N) is 1. The molecule has 0 fully saturated rings. The van der Waals surface area contributed by atoms with Crippen LogP contribution < -0.4 is 4.74 Å². The van der Waals surface area contributed by atoms with Crippen molar-refractivity contribution in [3.05, 3.63) is 77.0 Å². The van der Waals surface area contributed by atoms with Crippen molar-refractivity contribution in [1.82, 2.24) is 4.98 Å². The number of ether oxygens (including phenoxy) is 1. The molecule has 0 aliphatic heterocycles. The number of aromatic nitrogens is 1. The first-order valence-electron chi connectivity index (χ1n) is 8.67. The molecule has 3 aromatic rings. The van der Waals surface area contributed by atoms with Gasteiger partial charge in [0.25, 0.3) is 0 Å². The van der Waals surface area contributed by atoms with E-state index in [9.17, 15) is 14.7 Å². The van der Waals surface area contributed by atoms with Crippen LogP contribution in [0.1, 0.15) is 44.8 Å². The summed E-state index contributed by atoms with van der Waals surface area (Å²) in [5.74, 6) is -0.560. The number of aromatic amines is 1. The zero-order chi connectivity index (χ0) is 19.4. The van der Waals surface area contributed by atoms with Crippen LogP contribution in [0, 0.1) is 0 Å². The van der Waals surface area contributed by atoms with Gasteiger partial charge in [-0.3, -0.25) is 4.79 Å². The number of aldehydes is 1. The van der Waals surface area contributed by atoms with Crippen LogP contribution >= 0.6 is 0 Å². The minimum Gasteiger partial charge on any atom is -0.497 e. The molecule has 0 saturated carbocycles. The maximum Gasteiger partial charge on any atom is 0.338 e. The first-order chi connectivity index (χ1) is 13.0. The average molecular weight is 363 g/mol. The Morgan fingerprint density at radius 1 is 1.19 bits per heavy atom. The lowest BCUT2D eigenvalue weighted by Gasteiger charge is -2.15. The Kier molecular flexibility index (Phi) is 5.41. The molecular formula is C22H21NO4. The normalized spacial score (nSPS) is 11.8. The highest BCUT2D eigenvalue weighted by Gasteiger charge is 2.27. The SMILES string of the molecule is COc1cccc(-c2[nH]c(C=O)c(C(=O)O)c2C(C)Cc2ccccc2)c1. The molecule has 0 bridgehead atoms. The van der Waals surface area contributed by atoms with Gasteiger partial charge in [-0.1, -0.05) is 49.4 Å². The highest BCUT2D eigenvalue weighted by Crippen LogP contribution is 2.36. The Morgan fingerprint density at radius 3 is 2.56 bits per heavy atom. The van der Waals surface area contributed by atoms with Crippen LogP contribution in [-0.4, -0.2) is 29.5 Å². The summed E-state index contributed by atoms with van der Waals surface area (Å²) < 4.78 is 5.28. The molecular weight excluding hydrogens is 342 g/mol. The van der Waals surface area contributed by atoms with Crippen molar-refractivity contribution in [2.75, 3.05) is 7.11 Å². The first-order valence-corrected chi connectivity index (χ1v) is 8.67. The molecule has 5 heteroatoms. The van der Waals surface area contributed by atoms with Gasteiger partial charge in [0.1, 0.15) is 5.75 Å². The second-order valence-corrected chi connectivity index (χ2v) is 6.45. The van der Waals surface area contributed by atoms with Crippen molar-refractivity contribution in [2.45, 2.75) is 19.3 Å². The third-order valence-electron chi connectivity index (χ3n) is 4.64. The highest BCUT2D eigenvalue weighted by molar-refractivity contribution is 6.00. The number of carboxylic acids is 1. The van der Waals surface area contributed by atoms with Crippen LogP contribution in [0.15, 0.2) is 54.6 Å². The van der Waals surface area contributed by atoms with Crippen molar-refractivity contribution >= 4 is 12.3 Å². The third kappa shape index (κ3) is 3.77. The maximum atomic E-state index is 11.9. The zero-order valence-electron chi connectivity index (χ0n) is 15.2. The van der Waals surface area contributed by atoms with Gasteiger partial charge < -0.3 is 14.8 Å². The Bertz CT molecular complexity index is 960. The molecule has 1 unspecified atom stereocenters. The van der Waals surface area contributed by atoms with Crippen molar-refractivity contribution in [3.8, 4) is 17.0 Å². The first kappa shape index (κ1) is 18.5. The molecule has 0 aliphatic rings. The van der Waals surface area contributed by atoms with Crippen molar-refractivity contribution in [2.24, 2.45) is 0 Å². The number of hydrogen-bond donors (Lipinski definition) is 2. The summed E-state index contributed by atoms with van der Waals surface area (Å²) in [7, 11) is 1.58.